The van der Waals surface area contributed by atoms with Gasteiger partial charge in [-0.15, -0.1) is 0 Å². The van der Waals surface area contributed by atoms with E-state index in [1.54, 1.807) is 0 Å². The average molecular weight is 219 g/mol. The summed E-state index contributed by atoms with van der Waals surface area (Å²) in [5.41, 5.74) is 1.40. The van der Waals surface area contributed by atoms with Crippen molar-refractivity contribution < 1.29 is 4.74 Å². The van der Waals surface area contributed by atoms with Crippen LogP contribution in [0.15, 0.2) is 30.3 Å². The van der Waals surface area contributed by atoms with Gasteiger partial charge in [-0.3, -0.25) is 4.90 Å². The van der Waals surface area contributed by atoms with Crippen molar-refractivity contribution in [2.24, 2.45) is 0 Å². The third kappa shape index (κ3) is 3.06. The first-order valence-electron chi connectivity index (χ1n) is 6.22. The van der Waals surface area contributed by atoms with Crippen LogP contribution in [0.1, 0.15) is 31.9 Å². The molecule has 88 valence electrons. The molecule has 1 aromatic carbocycles. The number of epoxide rings is 1. The molecule has 0 saturated carbocycles. The predicted molar refractivity (Wildman–Crippen MR) is 66.5 cm³/mol. The van der Waals surface area contributed by atoms with Crippen LogP contribution in [0, 0.1) is 0 Å². The smallest absolute Gasteiger partial charge is 0.0936 e. The largest absolute Gasteiger partial charge is 0.372 e. The van der Waals surface area contributed by atoms with Gasteiger partial charge in [0.05, 0.1) is 12.7 Å². The van der Waals surface area contributed by atoms with Crippen LogP contribution >= 0.6 is 0 Å². The third-order valence-electron chi connectivity index (χ3n) is 3.18. The SMILES string of the molecule is CCCN(CC1CO1)C(C)c1ccccc1. The van der Waals surface area contributed by atoms with Crippen LogP contribution in [-0.2, 0) is 4.74 Å². The minimum absolute atomic E-state index is 0.484. The zero-order valence-electron chi connectivity index (χ0n) is 10.2. The Labute approximate surface area is 98.2 Å². The van der Waals surface area contributed by atoms with Gasteiger partial charge >= 0.3 is 0 Å². The summed E-state index contributed by atoms with van der Waals surface area (Å²) in [7, 11) is 0. The maximum absolute atomic E-state index is 5.33. The van der Waals surface area contributed by atoms with Crippen molar-refractivity contribution >= 4 is 0 Å². The predicted octanol–water partition coefficient (Wildman–Crippen LogP) is 2.86. The highest BCUT2D eigenvalue weighted by atomic mass is 16.6. The van der Waals surface area contributed by atoms with Crippen LogP contribution in [-0.4, -0.2) is 30.7 Å². The fourth-order valence-electron chi connectivity index (χ4n) is 2.11. The molecule has 0 aromatic heterocycles. The second-order valence-electron chi connectivity index (χ2n) is 4.54. The van der Waals surface area contributed by atoms with Gasteiger partial charge in [-0.05, 0) is 25.5 Å². The molecule has 0 amide bonds. The Morgan fingerprint density at radius 2 is 2.06 bits per heavy atom. The zero-order chi connectivity index (χ0) is 11.4. The maximum atomic E-state index is 5.33. The number of benzene rings is 1. The van der Waals surface area contributed by atoms with E-state index in [4.69, 9.17) is 4.74 Å². The molecule has 2 heteroatoms. The summed E-state index contributed by atoms with van der Waals surface area (Å²) < 4.78 is 5.33. The molecule has 1 aromatic rings. The van der Waals surface area contributed by atoms with Crippen LogP contribution in [0.4, 0.5) is 0 Å². The van der Waals surface area contributed by atoms with Crippen molar-refractivity contribution in [3.63, 3.8) is 0 Å². The van der Waals surface area contributed by atoms with Crippen LogP contribution in [0.2, 0.25) is 0 Å². The highest BCUT2D eigenvalue weighted by molar-refractivity contribution is 5.18. The molecule has 1 aliphatic rings. The molecule has 0 aliphatic carbocycles. The summed E-state index contributed by atoms with van der Waals surface area (Å²) in [5, 5.41) is 0. The van der Waals surface area contributed by atoms with E-state index in [-0.39, 0.29) is 0 Å². The first kappa shape index (κ1) is 11.6. The number of hydrogen-bond acceptors (Lipinski definition) is 2. The summed E-state index contributed by atoms with van der Waals surface area (Å²) in [6, 6.07) is 11.2. The van der Waals surface area contributed by atoms with Crippen LogP contribution in [0.3, 0.4) is 0 Å². The fourth-order valence-corrected chi connectivity index (χ4v) is 2.11. The minimum atomic E-state index is 0.484. The summed E-state index contributed by atoms with van der Waals surface area (Å²) in [4.78, 5) is 2.52. The van der Waals surface area contributed by atoms with E-state index in [1.165, 1.54) is 12.0 Å². The molecule has 2 nitrogen and oxygen atoms in total. The molecule has 0 radical (unpaired) electrons. The molecule has 16 heavy (non-hydrogen) atoms. The zero-order valence-corrected chi connectivity index (χ0v) is 10.2. The lowest BCUT2D eigenvalue weighted by molar-refractivity contribution is 0.190. The Hall–Kier alpha value is -0.860. The second kappa shape index (κ2) is 5.46. The van der Waals surface area contributed by atoms with E-state index in [0.717, 1.165) is 19.7 Å². The van der Waals surface area contributed by atoms with Gasteiger partial charge in [0.2, 0.25) is 0 Å². The van der Waals surface area contributed by atoms with Gasteiger partial charge in [-0.2, -0.15) is 0 Å². The molecule has 0 spiro atoms. The Bertz CT molecular complexity index is 308. The van der Waals surface area contributed by atoms with Gasteiger partial charge in [-0.25, -0.2) is 0 Å². The topological polar surface area (TPSA) is 15.8 Å². The number of nitrogens with zero attached hydrogens (tertiary/aromatic N) is 1. The van der Waals surface area contributed by atoms with Gasteiger partial charge in [0.15, 0.2) is 0 Å². The van der Waals surface area contributed by atoms with Crippen molar-refractivity contribution in [1.29, 1.82) is 0 Å². The molecule has 1 heterocycles. The Morgan fingerprint density at radius 1 is 1.38 bits per heavy atom. The van der Waals surface area contributed by atoms with Crippen molar-refractivity contribution in [2.75, 3.05) is 19.7 Å². The van der Waals surface area contributed by atoms with Gasteiger partial charge in [0, 0.05) is 12.6 Å². The van der Waals surface area contributed by atoms with Crippen molar-refractivity contribution in [3.05, 3.63) is 35.9 Å². The number of ether oxygens (including phenoxy) is 1. The minimum Gasteiger partial charge on any atom is -0.372 e. The Balaban J connectivity index is 2.00. The molecule has 1 fully saturated rings. The number of rotatable bonds is 6. The molecular formula is C14H21NO. The molecule has 2 rings (SSSR count). The highest BCUT2D eigenvalue weighted by Crippen LogP contribution is 2.23. The number of hydrogen-bond donors (Lipinski definition) is 0. The van der Waals surface area contributed by atoms with E-state index in [1.807, 2.05) is 0 Å². The second-order valence-corrected chi connectivity index (χ2v) is 4.54. The van der Waals surface area contributed by atoms with Crippen molar-refractivity contribution in [1.82, 2.24) is 4.90 Å². The van der Waals surface area contributed by atoms with Crippen LogP contribution in [0.5, 0.6) is 0 Å². The summed E-state index contributed by atoms with van der Waals surface area (Å²) in [6.45, 7) is 7.69. The standard InChI is InChI=1S/C14H21NO/c1-3-9-15(10-14-11-16-14)12(2)13-7-5-4-6-8-13/h4-8,12,14H,3,9-11H2,1-2H3. The molecular weight excluding hydrogens is 198 g/mol. The lowest BCUT2D eigenvalue weighted by atomic mass is 10.1. The first-order valence-corrected chi connectivity index (χ1v) is 6.22. The van der Waals surface area contributed by atoms with E-state index in [0.29, 0.717) is 12.1 Å². The van der Waals surface area contributed by atoms with Crippen molar-refractivity contribution in [3.8, 4) is 0 Å². The van der Waals surface area contributed by atoms with Gasteiger partial charge < -0.3 is 4.74 Å². The van der Waals surface area contributed by atoms with E-state index < -0.39 is 0 Å². The summed E-state index contributed by atoms with van der Waals surface area (Å²) in [6.07, 6.45) is 1.68. The average Bonchev–Trinajstić information content (AvgIpc) is 3.13. The maximum Gasteiger partial charge on any atom is 0.0936 e. The lowest BCUT2D eigenvalue weighted by Gasteiger charge is -2.28. The summed E-state index contributed by atoms with van der Waals surface area (Å²) in [5.74, 6) is 0. The molecule has 2 atom stereocenters. The fraction of sp³-hybridized carbons (Fsp3) is 0.571. The molecule has 0 N–H and O–H groups in total. The summed E-state index contributed by atoms with van der Waals surface area (Å²) >= 11 is 0. The van der Waals surface area contributed by atoms with Gasteiger partial charge in [0.1, 0.15) is 0 Å². The van der Waals surface area contributed by atoms with E-state index in [9.17, 15) is 0 Å². The normalized spacial score (nSPS) is 21.1. The van der Waals surface area contributed by atoms with Crippen molar-refractivity contribution in [2.45, 2.75) is 32.4 Å². The quantitative estimate of drug-likeness (QED) is 0.684. The van der Waals surface area contributed by atoms with E-state index >= 15 is 0 Å². The first-order chi connectivity index (χ1) is 7.81. The Kier molecular flexibility index (Phi) is 3.97. The lowest BCUT2D eigenvalue weighted by Crippen LogP contribution is -2.31. The van der Waals surface area contributed by atoms with Crippen LogP contribution < -0.4 is 0 Å². The monoisotopic (exact) mass is 219 g/mol. The molecule has 0 bridgehead atoms. The van der Waals surface area contributed by atoms with E-state index in [2.05, 4.69) is 49.1 Å². The Morgan fingerprint density at radius 3 is 2.62 bits per heavy atom. The highest BCUT2D eigenvalue weighted by Gasteiger charge is 2.27. The van der Waals surface area contributed by atoms with Gasteiger partial charge in [0.25, 0.3) is 0 Å². The molecule has 1 aliphatic heterocycles. The molecule has 1 saturated heterocycles. The van der Waals surface area contributed by atoms with Gasteiger partial charge in [-0.1, -0.05) is 37.3 Å². The molecule has 2 unspecified atom stereocenters. The van der Waals surface area contributed by atoms with Crippen LogP contribution in [0.25, 0.3) is 0 Å². The third-order valence-corrected chi connectivity index (χ3v) is 3.18.